The first-order valence-electron chi connectivity index (χ1n) is 23.7. The summed E-state index contributed by atoms with van der Waals surface area (Å²) in [6, 6.07) is 24.2. The summed E-state index contributed by atoms with van der Waals surface area (Å²) < 4.78 is 56.0. The molecule has 0 radical (unpaired) electrons. The van der Waals surface area contributed by atoms with Gasteiger partial charge in [-0.1, -0.05) is 36.4 Å². The molecule has 9 rings (SSSR count). The summed E-state index contributed by atoms with van der Waals surface area (Å²) in [5.74, 6) is 3.99. The second kappa shape index (κ2) is 22.0. The molecule has 16 heteroatoms. The Kier molecular flexibility index (Phi) is 15.3. The highest BCUT2D eigenvalue weighted by Gasteiger charge is 2.57. The van der Waals surface area contributed by atoms with Gasteiger partial charge in [0.15, 0.2) is 11.5 Å². The summed E-state index contributed by atoms with van der Waals surface area (Å²) >= 11 is 0. The third-order valence-corrected chi connectivity index (χ3v) is 14.1. The maximum Gasteiger partial charge on any atom is 0.163 e. The van der Waals surface area contributed by atoms with Crippen LogP contribution in [0.3, 0.4) is 0 Å². The summed E-state index contributed by atoms with van der Waals surface area (Å²) in [5, 5.41) is 33.7. The van der Waals surface area contributed by atoms with Crippen molar-refractivity contribution in [2.75, 3.05) is 71.9 Å². The molecule has 0 amide bonds. The van der Waals surface area contributed by atoms with Gasteiger partial charge in [0.2, 0.25) is 0 Å². The monoisotopic (exact) mass is 932 g/mol. The van der Waals surface area contributed by atoms with Crippen LogP contribution in [0.2, 0.25) is 0 Å². The van der Waals surface area contributed by atoms with Gasteiger partial charge in [0, 0.05) is 17.1 Å². The quantitative estimate of drug-likeness (QED) is 0.0526. The van der Waals surface area contributed by atoms with E-state index in [4.69, 9.17) is 33.2 Å². The number of fused-ring (bicyclic) bond motifs is 6. The molecule has 6 aromatic rings. The van der Waals surface area contributed by atoms with E-state index in [9.17, 15) is 14.6 Å². The molecule has 0 bridgehead atoms. The first-order valence-corrected chi connectivity index (χ1v) is 23.7. The van der Waals surface area contributed by atoms with Crippen molar-refractivity contribution < 1.29 is 47.8 Å². The maximum absolute atomic E-state index is 13.7. The van der Waals surface area contributed by atoms with E-state index >= 15 is 0 Å². The number of aromatic nitrogens is 5. The van der Waals surface area contributed by atoms with Gasteiger partial charge in [0.25, 0.3) is 0 Å². The van der Waals surface area contributed by atoms with Crippen LogP contribution in [0.1, 0.15) is 66.8 Å². The lowest BCUT2D eigenvalue weighted by Crippen LogP contribution is -2.47. The molecule has 3 N–H and O–H groups in total. The number of hydrogen-bond acceptors (Lipinski definition) is 14. The van der Waals surface area contributed by atoms with E-state index in [-0.39, 0.29) is 23.3 Å². The van der Waals surface area contributed by atoms with Crippen LogP contribution in [0.4, 0.5) is 15.9 Å². The van der Waals surface area contributed by atoms with Crippen molar-refractivity contribution in [2.24, 2.45) is 17.3 Å². The van der Waals surface area contributed by atoms with E-state index in [0.717, 1.165) is 43.5 Å². The van der Waals surface area contributed by atoms with Gasteiger partial charge in [-0.05, 0) is 126 Å². The zero-order chi connectivity index (χ0) is 46.9. The molecule has 2 fully saturated rings. The van der Waals surface area contributed by atoms with Gasteiger partial charge in [-0.25, -0.2) is 19.0 Å². The zero-order valence-corrected chi connectivity index (χ0v) is 38.7. The lowest BCUT2D eigenvalue weighted by molar-refractivity contribution is -0.0323. The predicted molar refractivity (Wildman–Crippen MR) is 252 cm³/mol. The molecule has 2 heterocycles. The van der Waals surface area contributed by atoms with Crippen LogP contribution in [0, 0.1) is 23.1 Å². The van der Waals surface area contributed by atoms with Crippen molar-refractivity contribution in [3.05, 3.63) is 120 Å². The van der Waals surface area contributed by atoms with Crippen molar-refractivity contribution in [1.82, 2.24) is 25.0 Å². The van der Waals surface area contributed by atoms with Crippen molar-refractivity contribution >= 4 is 22.4 Å². The first-order chi connectivity index (χ1) is 33.3. The van der Waals surface area contributed by atoms with E-state index in [0.29, 0.717) is 130 Å². The van der Waals surface area contributed by atoms with Crippen LogP contribution in [-0.4, -0.2) is 108 Å². The molecule has 0 spiro atoms. The Morgan fingerprint density at radius 1 is 0.809 bits per heavy atom. The largest absolute Gasteiger partial charge is 0.508 e. The molecular formula is C52H61FN6O9. The molecule has 3 aliphatic carbocycles. The third-order valence-electron chi connectivity index (χ3n) is 14.1. The number of aliphatic hydroxyl groups excluding tert-OH is 1. The maximum atomic E-state index is 13.7. The molecule has 4 aromatic carbocycles. The van der Waals surface area contributed by atoms with E-state index < -0.39 is 0 Å². The number of phenolic OH excluding ortho intramolecular Hbond substituents is 1. The molecule has 0 aliphatic heterocycles. The Balaban J connectivity index is 0.634. The number of aryl methyl sites for hydroxylation is 1. The van der Waals surface area contributed by atoms with E-state index in [2.05, 4.69) is 62.9 Å². The molecule has 3 unspecified atom stereocenters. The number of aliphatic hydroxyl groups is 1. The topological polar surface area (TPSA) is 174 Å². The van der Waals surface area contributed by atoms with E-state index in [1.54, 1.807) is 42.3 Å². The summed E-state index contributed by atoms with van der Waals surface area (Å²) in [4.78, 5) is 8.70. The highest BCUT2D eigenvalue weighted by molar-refractivity contribution is 5.93. The molecule has 68 heavy (non-hydrogen) atoms. The van der Waals surface area contributed by atoms with Crippen molar-refractivity contribution in [1.29, 1.82) is 0 Å². The lowest BCUT2D eigenvalue weighted by atomic mass is 9.51. The lowest BCUT2D eigenvalue weighted by Gasteiger charge is -2.54. The smallest absolute Gasteiger partial charge is 0.163 e. The van der Waals surface area contributed by atoms with Crippen molar-refractivity contribution in [3.63, 3.8) is 0 Å². The summed E-state index contributed by atoms with van der Waals surface area (Å²) in [7, 11) is 1.56. The molecule has 2 saturated carbocycles. The standard InChI is InChI=1S/C52H61FN6O9/c1-52-30-44(50-41-13-9-39(60)26-35(41)8-12-42(50)45(52)14-15-49(52)61)34-6-10-40(11-7-34)67-17-16-59-38(31-56-58-59)32-66-23-22-64-19-18-63-20-21-65-24-25-68-48-29-46-43(28-47(48)62-2)51(55-33-54-46)57-37-5-3-4-36(53)27-37/h3-7,9-11,13,26-29,31,33,42,44-45,49-50,60-61H,8,12,14-25,30,32H2,1-2H3,(H,54,55,57)/t42?,44-,45?,49+,50?,52+/m1/s1. The van der Waals surface area contributed by atoms with Crippen molar-refractivity contribution in [3.8, 4) is 23.0 Å². The van der Waals surface area contributed by atoms with Crippen molar-refractivity contribution in [2.45, 2.75) is 70.1 Å². The minimum Gasteiger partial charge on any atom is -0.508 e. The highest BCUT2D eigenvalue weighted by Crippen LogP contribution is 2.65. The molecular weight excluding hydrogens is 872 g/mol. The van der Waals surface area contributed by atoms with Gasteiger partial charge < -0.3 is 48.7 Å². The van der Waals surface area contributed by atoms with Crippen LogP contribution < -0.4 is 19.5 Å². The molecule has 0 saturated heterocycles. The average Bonchev–Trinajstić information content (AvgIpc) is 3.92. The highest BCUT2D eigenvalue weighted by atomic mass is 19.1. The van der Waals surface area contributed by atoms with Crippen LogP contribution >= 0.6 is 0 Å². The number of phenols is 1. The number of nitrogens with zero attached hydrogens (tertiary/aromatic N) is 5. The Morgan fingerprint density at radius 2 is 1.59 bits per heavy atom. The number of nitrogens with one attached hydrogen (secondary N) is 1. The predicted octanol–water partition coefficient (Wildman–Crippen LogP) is 8.15. The van der Waals surface area contributed by atoms with E-state index in [1.165, 1.54) is 35.2 Å². The normalized spacial score (nSPS) is 21.8. The number of hydrogen-bond donors (Lipinski definition) is 3. The fraction of sp³-hybridized carbons (Fsp3) is 0.462. The number of aromatic hydroxyl groups is 1. The van der Waals surface area contributed by atoms with Crippen LogP contribution in [0.25, 0.3) is 10.9 Å². The Hall–Kier alpha value is -5.91. The van der Waals surface area contributed by atoms with Gasteiger partial charge in [0.05, 0.1) is 90.0 Å². The second-order valence-corrected chi connectivity index (χ2v) is 18.1. The molecule has 3 aliphatic rings. The first kappa shape index (κ1) is 47.2. The summed E-state index contributed by atoms with van der Waals surface area (Å²) in [6.45, 7) is 6.76. The molecule has 360 valence electrons. The number of ether oxygens (including phenoxy) is 7. The number of halogens is 1. The Bertz CT molecular complexity index is 2600. The molecule has 6 atom stereocenters. The minimum atomic E-state index is -0.348. The minimum absolute atomic E-state index is 0.0935. The zero-order valence-electron chi connectivity index (χ0n) is 38.7. The summed E-state index contributed by atoms with van der Waals surface area (Å²) in [5.41, 5.74) is 5.87. The van der Waals surface area contributed by atoms with Gasteiger partial charge in [-0.15, -0.1) is 5.10 Å². The SMILES string of the molecule is COc1cc2c(Nc3cccc(F)c3)ncnc2cc1OCCOCCOCCOCCOCc1cnnn1CCOc1ccc([C@H]2C[C@@]3(C)C(CC[C@@H]3O)C3CCc4cc(O)ccc4C32)cc1. The number of rotatable bonds is 23. The fourth-order valence-corrected chi connectivity index (χ4v) is 10.8. The summed E-state index contributed by atoms with van der Waals surface area (Å²) in [6.07, 6.45) is 7.85. The number of benzene rings is 4. The number of methoxy groups -OCH3 is 1. The fourth-order valence-electron chi connectivity index (χ4n) is 10.8. The van der Waals surface area contributed by atoms with Crippen LogP contribution in [0.15, 0.2) is 91.4 Å². The van der Waals surface area contributed by atoms with Crippen LogP contribution in [-0.2, 0) is 38.5 Å². The van der Waals surface area contributed by atoms with Gasteiger partial charge in [-0.2, -0.15) is 0 Å². The third kappa shape index (κ3) is 10.8. The average molecular weight is 933 g/mol. The Labute approximate surface area is 395 Å². The van der Waals surface area contributed by atoms with Gasteiger partial charge in [0.1, 0.15) is 42.7 Å². The molecule has 15 nitrogen and oxygen atoms in total. The number of anilines is 2. The van der Waals surface area contributed by atoms with E-state index in [1.807, 2.05) is 12.1 Å². The van der Waals surface area contributed by atoms with Gasteiger partial charge in [-0.3, -0.25) is 0 Å². The van der Waals surface area contributed by atoms with Crippen LogP contribution in [0.5, 0.6) is 23.0 Å². The Morgan fingerprint density at radius 3 is 2.37 bits per heavy atom. The molecule has 2 aromatic heterocycles. The second-order valence-electron chi connectivity index (χ2n) is 18.1. The van der Waals surface area contributed by atoms with Gasteiger partial charge >= 0.3 is 0 Å².